The molecule has 0 fully saturated rings. The van der Waals surface area contributed by atoms with Crippen LogP contribution in [0.4, 0.5) is 4.39 Å². The van der Waals surface area contributed by atoms with Crippen LogP contribution in [0.1, 0.15) is 11.8 Å². The van der Waals surface area contributed by atoms with Crippen molar-refractivity contribution >= 4 is 11.6 Å². The third-order valence-corrected chi connectivity index (χ3v) is 1.31. The Balaban J connectivity index is 3.15. The molecule has 0 amide bonds. The van der Waals surface area contributed by atoms with E-state index in [4.69, 9.17) is 22.0 Å². The van der Waals surface area contributed by atoms with Crippen molar-refractivity contribution in [2.24, 2.45) is 0 Å². The average Bonchev–Trinajstić information content (AvgIpc) is 2.08. The van der Waals surface area contributed by atoms with Crippen molar-refractivity contribution in [2.75, 3.05) is 0 Å². The maximum Gasteiger partial charge on any atom is 0.222 e. The van der Waals surface area contributed by atoms with Gasteiger partial charge in [-0.3, -0.25) is 0 Å². The summed E-state index contributed by atoms with van der Waals surface area (Å²) < 4.78 is 12.7. The number of aliphatic hydroxyl groups is 1. The molecule has 1 unspecified atom stereocenters. The fourth-order valence-corrected chi connectivity index (χ4v) is 0.750. The van der Waals surface area contributed by atoms with Crippen LogP contribution >= 0.6 is 11.6 Å². The molecule has 0 spiro atoms. The smallest absolute Gasteiger partial charge is 0.222 e. The molecule has 4 nitrogen and oxygen atoms in total. The maximum absolute atomic E-state index is 12.7. The number of aliphatic hydroxyl groups excluding tert-OH is 1. The Hall–Kier alpha value is -1.25. The van der Waals surface area contributed by atoms with E-state index in [1.54, 1.807) is 0 Å². The van der Waals surface area contributed by atoms with Gasteiger partial charge in [0.1, 0.15) is 11.8 Å². The number of aromatic nitrogens is 2. The number of hydrogen-bond donors (Lipinski definition) is 1. The van der Waals surface area contributed by atoms with Crippen LogP contribution in [0.2, 0.25) is 5.28 Å². The molecular weight excluding hydrogens is 185 g/mol. The van der Waals surface area contributed by atoms with Crippen LogP contribution in [0.3, 0.4) is 0 Å². The van der Waals surface area contributed by atoms with Gasteiger partial charge in [-0.15, -0.1) is 0 Å². The first-order valence-corrected chi connectivity index (χ1v) is 3.28. The van der Waals surface area contributed by atoms with E-state index >= 15 is 0 Å². The zero-order valence-corrected chi connectivity index (χ0v) is 6.46. The highest BCUT2D eigenvalue weighted by Gasteiger charge is 2.14. The highest BCUT2D eigenvalue weighted by Crippen LogP contribution is 2.14. The lowest BCUT2D eigenvalue weighted by Crippen LogP contribution is -2.02. The van der Waals surface area contributed by atoms with Gasteiger partial charge in [0.25, 0.3) is 0 Å². The van der Waals surface area contributed by atoms with Gasteiger partial charge in [-0.05, 0) is 11.6 Å². The minimum Gasteiger partial charge on any atom is -0.373 e. The molecule has 0 aliphatic carbocycles. The largest absolute Gasteiger partial charge is 0.373 e. The summed E-state index contributed by atoms with van der Waals surface area (Å²) >= 11 is 5.31. The van der Waals surface area contributed by atoms with Gasteiger partial charge in [-0.25, -0.2) is 14.4 Å². The molecule has 1 heterocycles. The predicted octanol–water partition coefficient (Wildman–Crippen LogP) is 0.826. The van der Waals surface area contributed by atoms with E-state index in [1.165, 1.54) is 6.07 Å². The summed E-state index contributed by atoms with van der Waals surface area (Å²) in [4.78, 5) is 6.67. The first kappa shape index (κ1) is 8.84. The van der Waals surface area contributed by atoms with Crippen LogP contribution in [0.15, 0.2) is 6.20 Å². The lowest BCUT2D eigenvalue weighted by atomic mass is 10.2. The van der Waals surface area contributed by atoms with Crippen molar-refractivity contribution in [1.82, 2.24) is 9.97 Å². The normalized spacial score (nSPS) is 12.2. The molecule has 6 heteroatoms. The first-order chi connectivity index (χ1) is 5.65. The Kier molecular flexibility index (Phi) is 2.53. The fraction of sp³-hybridized carbons (Fsp3) is 0.167. The van der Waals surface area contributed by atoms with Crippen LogP contribution in [0, 0.1) is 17.1 Å². The van der Waals surface area contributed by atoms with E-state index in [0.717, 1.165) is 6.20 Å². The lowest BCUT2D eigenvalue weighted by Gasteiger charge is -2.01. The van der Waals surface area contributed by atoms with Gasteiger partial charge in [-0.2, -0.15) is 5.26 Å². The van der Waals surface area contributed by atoms with E-state index in [-0.39, 0.29) is 5.28 Å². The zero-order chi connectivity index (χ0) is 9.14. The summed E-state index contributed by atoms with van der Waals surface area (Å²) in [7, 11) is 0. The van der Waals surface area contributed by atoms with Gasteiger partial charge in [0.15, 0.2) is 11.9 Å². The molecular formula is C6H3ClFN3O. The highest BCUT2D eigenvalue weighted by atomic mass is 35.5. The summed E-state index contributed by atoms with van der Waals surface area (Å²) in [5, 5.41) is 16.9. The standard InChI is InChI=1S/C6H3ClFN3O/c7-6-10-2-3(8)5(11-6)4(12)1-9/h2,4,12H. The molecule has 1 aromatic rings. The molecule has 1 atom stereocenters. The average molecular weight is 188 g/mol. The lowest BCUT2D eigenvalue weighted by molar-refractivity contribution is 0.224. The van der Waals surface area contributed by atoms with Crippen molar-refractivity contribution in [3.63, 3.8) is 0 Å². The predicted molar refractivity (Wildman–Crippen MR) is 37.6 cm³/mol. The van der Waals surface area contributed by atoms with Crippen LogP contribution in [0.5, 0.6) is 0 Å². The molecule has 0 aliphatic rings. The number of halogens is 2. The molecule has 1 N–H and O–H groups in total. The zero-order valence-electron chi connectivity index (χ0n) is 5.70. The number of rotatable bonds is 1. The van der Waals surface area contributed by atoms with Crippen LogP contribution in [-0.2, 0) is 0 Å². The second-order valence-corrected chi connectivity index (χ2v) is 2.24. The molecule has 1 aromatic heterocycles. The molecule has 1 rings (SSSR count). The summed E-state index contributed by atoms with van der Waals surface area (Å²) in [6.07, 6.45) is -0.809. The Morgan fingerprint density at radius 3 is 3.00 bits per heavy atom. The Morgan fingerprint density at radius 1 is 1.75 bits per heavy atom. The minimum atomic E-state index is -1.61. The summed E-state index contributed by atoms with van der Waals surface area (Å²) in [5.41, 5.74) is -0.405. The van der Waals surface area contributed by atoms with E-state index in [1.807, 2.05) is 0 Å². The molecule has 0 saturated carbocycles. The second-order valence-electron chi connectivity index (χ2n) is 1.90. The van der Waals surface area contributed by atoms with E-state index < -0.39 is 17.6 Å². The molecule has 0 radical (unpaired) electrons. The van der Waals surface area contributed by atoms with Crippen molar-refractivity contribution in [2.45, 2.75) is 6.10 Å². The summed E-state index contributed by atoms with van der Waals surface area (Å²) in [5.74, 6) is -0.853. The first-order valence-electron chi connectivity index (χ1n) is 2.90. The van der Waals surface area contributed by atoms with E-state index in [2.05, 4.69) is 9.97 Å². The van der Waals surface area contributed by atoms with Gasteiger partial charge < -0.3 is 5.11 Å². The number of nitrogens with zero attached hydrogens (tertiary/aromatic N) is 3. The number of hydrogen-bond acceptors (Lipinski definition) is 4. The van der Waals surface area contributed by atoms with Crippen molar-refractivity contribution in [3.05, 3.63) is 23.0 Å². The minimum absolute atomic E-state index is 0.208. The fourth-order valence-electron chi connectivity index (χ4n) is 0.611. The monoisotopic (exact) mass is 187 g/mol. The molecule has 12 heavy (non-hydrogen) atoms. The van der Waals surface area contributed by atoms with Crippen molar-refractivity contribution in [3.8, 4) is 6.07 Å². The van der Waals surface area contributed by atoms with Crippen LogP contribution in [0.25, 0.3) is 0 Å². The van der Waals surface area contributed by atoms with Crippen molar-refractivity contribution in [1.29, 1.82) is 5.26 Å². The molecule has 0 bridgehead atoms. The van der Waals surface area contributed by atoms with Crippen LogP contribution in [-0.4, -0.2) is 15.1 Å². The molecule has 0 saturated heterocycles. The third kappa shape index (κ3) is 1.67. The SMILES string of the molecule is N#CC(O)c1nc(Cl)ncc1F. The Labute approximate surface area is 72.3 Å². The van der Waals surface area contributed by atoms with Gasteiger partial charge >= 0.3 is 0 Å². The van der Waals surface area contributed by atoms with Gasteiger partial charge in [0.05, 0.1) is 6.20 Å². The maximum atomic E-state index is 12.7. The van der Waals surface area contributed by atoms with Crippen molar-refractivity contribution < 1.29 is 9.50 Å². The second kappa shape index (κ2) is 3.43. The van der Waals surface area contributed by atoms with Gasteiger partial charge in [0.2, 0.25) is 5.28 Å². The van der Waals surface area contributed by atoms with Crippen LogP contribution < -0.4 is 0 Å². The van der Waals surface area contributed by atoms with E-state index in [0.29, 0.717) is 0 Å². The van der Waals surface area contributed by atoms with E-state index in [9.17, 15) is 4.39 Å². The van der Waals surface area contributed by atoms with Gasteiger partial charge in [-0.1, -0.05) is 0 Å². The molecule has 0 aromatic carbocycles. The summed E-state index contributed by atoms with van der Waals surface area (Å²) in [6, 6.07) is 1.42. The topological polar surface area (TPSA) is 69.8 Å². The quantitative estimate of drug-likeness (QED) is 0.522. The number of nitriles is 1. The molecule has 62 valence electrons. The third-order valence-electron chi connectivity index (χ3n) is 1.12. The molecule has 0 aliphatic heterocycles. The van der Waals surface area contributed by atoms with Gasteiger partial charge in [0, 0.05) is 0 Å². The Morgan fingerprint density at radius 2 is 2.42 bits per heavy atom. The summed E-state index contributed by atoms with van der Waals surface area (Å²) in [6.45, 7) is 0. The Bertz CT molecular complexity index is 338. The highest BCUT2D eigenvalue weighted by molar-refractivity contribution is 6.28.